The molecule has 0 spiro atoms. The van der Waals surface area contributed by atoms with Gasteiger partial charge in [0.2, 0.25) is 0 Å². The van der Waals surface area contributed by atoms with E-state index in [0.717, 1.165) is 35.4 Å². The maximum atomic E-state index is 13.0. The Morgan fingerprint density at radius 2 is 2.07 bits per heavy atom. The Hall–Kier alpha value is -2.78. The van der Waals surface area contributed by atoms with Gasteiger partial charge in [-0.15, -0.1) is 11.3 Å². The number of aromatic nitrogens is 2. The highest BCUT2D eigenvalue weighted by Gasteiger charge is 2.31. The van der Waals surface area contributed by atoms with Crippen LogP contribution in [0.5, 0.6) is 0 Å². The third-order valence-electron chi connectivity index (χ3n) is 5.05. The Morgan fingerprint density at radius 1 is 1.27 bits per heavy atom. The van der Waals surface area contributed by atoms with Gasteiger partial charge < -0.3 is 4.90 Å². The smallest absolute Gasteiger partial charge is 0.273 e. The summed E-state index contributed by atoms with van der Waals surface area (Å²) >= 11 is 1.10. The molecular formula is C21H22N4O3S2. The van der Waals surface area contributed by atoms with Crippen molar-refractivity contribution < 1.29 is 13.2 Å². The topological polar surface area (TPSA) is 92.3 Å². The van der Waals surface area contributed by atoms with Crippen LogP contribution in [0.1, 0.15) is 34.6 Å². The third-order valence-corrected chi connectivity index (χ3v) is 7.30. The molecule has 1 unspecified atom stereocenters. The Bertz CT molecular complexity index is 1150. The molecule has 156 valence electrons. The van der Waals surface area contributed by atoms with E-state index in [1.807, 2.05) is 24.0 Å². The minimum Gasteiger partial charge on any atom is -0.334 e. The summed E-state index contributed by atoms with van der Waals surface area (Å²) in [7, 11) is -3.74. The number of thiazole rings is 1. The van der Waals surface area contributed by atoms with Crippen molar-refractivity contribution in [3.8, 4) is 0 Å². The molecule has 1 fully saturated rings. The molecule has 1 saturated heterocycles. The van der Waals surface area contributed by atoms with E-state index in [-0.39, 0.29) is 27.7 Å². The quantitative estimate of drug-likeness (QED) is 0.631. The normalized spacial score (nSPS) is 16.6. The number of amides is 1. The number of hydrogen-bond donors (Lipinski definition) is 1. The molecule has 2 aromatic heterocycles. The predicted molar refractivity (Wildman–Crippen MR) is 116 cm³/mol. The van der Waals surface area contributed by atoms with Gasteiger partial charge in [-0.2, -0.15) is 0 Å². The number of carbonyl (C=O) groups is 1. The number of carbonyl (C=O) groups excluding carboxylic acids is 1. The van der Waals surface area contributed by atoms with Crippen molar-refractivity contribution in [3.63, 3.8) is 0 Å². The van der Waals surface area contributed by atoms with Crippen molar-refractivity contribution in [2.24, 2.45) is 0 Å². The van der Waals surface area contributed by atoms with Crippen molar-refractivity contribution in [1.82, 2.24) is 14.9 Å². The average Bonchev–Trinajstić information content (AvgIpc) is 3.37. The first-order chi connectivity index (χ1) is 14.4. The largest absolute Gasteiger partial charge is 0.334 e. The number of hydrogen-bond acceptors (Lipinski definition) is 6. The lowest BCUT2D eigenvalue weighted by Gasteiger charge is -2.23. The molecule has 30 heavy (non-hydrogen) atoms. The van der Waals surface area contributed by atoms with Gasteiger partial charge in [-0.25, -0.2) is 13.4 Å². The van der Waals surface area contributed by atoms with Gasteiger partial charge in [0.1, 0.15) is 5.69 Å². The lowest BCUT2D eigenvalue weighted by molar-refractivity contribution is 0.0731. The maximum Gasteiger partial charge on any atom is 0.273 e. The fraction of sp³-hybridized carbons (Fsp3) is 0.286. The van der Waals surface area contributed by atoms with Crippen molar-refractivity contribution in [3.05, 3.63) is 71.0 Å². The molecular weight excluding hydrogens is 420 g/mol. The molecule has 1 aromatic carbocycles. The molecule has 1 amide bonds. The van der Waals surface area contributed by atoms with Crippen LogP contribution in [-0.2, 0) is 16.4 Å². The lowest BCUT2D eigenvalue weighted by Crippen LogP contribution is -2.37. The van der Waals surface area contributed by atoms with E-state index in [1.165, 1.54) is 12.1 Å². The van der Waals surface area contributed by atoms with Crippen molar-refractivity contribution in [2.45, 2.75) is 37.1 Å². The van der Waals surface area contributed by atoms with Gasteiger partial charge >= 0.3 is 0 Å². The molecule has 3 heterocycles. The molecule has 1 aliphatic rings. The van der Waals surface area contributed by atoms with Crippen molar-refractivity contribution in [2.75, 3.05) is 11.3 Å². The summed E-state index contributed by atoms with van der Waals surface area (Å²) in [5.41, 5.74) is 2.37. The second kappa shape index (κ2) is 8.53. The average molecular weight is 443 g/mol. The molecule has 1 aliphatic heterocycles. The Kier molecular flexibility index (Phi) is 5.83. The molecule has 1 atom stereocenters. The minimum absolute atomic E-state index is 0.0676. The standard InChI is InChI=1S/C21H22N4O3S2/c1-15-9-10-22-16(12-15)13-17-6-5-11-25(17)20(26)19-14-29-21(23-19)24-30(27,28)18-7-3-2-4-8-18/h2-4,7-10,12,14,17H,5-6,11,13H2,1H3,(H,23,24). The first kappa shape index (κ1) is 20.5. The van der Waals surface area contributed by atoms with Gasteiger partial charge in [0, 0.05) is 36.3 Å². The summed E-state index contributed by atoms with van der Waals surface area (Å²) in [6, 6.07) is 12.1. The SMILES string of the molecule is Cc1ccnc(CC2CCCN2C(=O)c2csc(NS(=O)(=O)c3ccccc3)n2)c1. The summed E-state index contributed by atoms with van der Waals surface area (Å²) in [6.07, 6.45) is 4.33. The predicted octanol–water partition coefficient (Wildman–Crippen LogP) is 3.49. The van der Waals surface area contributed by atoms with Gasteiger partial charge in [0.15, 0.2) is 5.13 Å². The number of nitrogens with zero attached hydrogens (tertiary/aromatic N) is 3. The summed E-state index contributed by atoms with van der Waals surface area (Å²) in [5, 5.41) is 1.78. The van der Waals surface area contributed by atoms with E-state index >= 15 is 0 Å². The number of benzene rings is 1. The zero-order chi connectivity index (χ0) is 21.1. The molecule has 0 saturated carbocycles. The van der Waals surface area contributed by atoms with Gasteiger partial charge in [0.05, 0.1) is 4.90 Å². The molecule has 1 N–H and O–H groups in total. The molecule has 9 heteroatoms. The van der Waals surface area contributed by atoms with Gasteiger partial charge in [-0.3, -0.25) is 14.5 Å². The van der Waals surface area contributed by atoms with Crippen LogP contribution >= 0.6 is 11.3 Å². The minimum atomic E-state index is -3.74. The fourth-order valence-electron chi connectivity index (χ4n) is 3.61. The first-order valence-corrected chi connectivity index (χ1v) is 12.0. The zero-order valence-electron chi connectivity index (χ0n) is 16.5. The van der Waals surface area contributed by atoms with Gasteiger partial charge in [0.25, 0.3) is 15.9 Å². The maximum absolute atomic E-state index is 13.0. The Labute approximate surface area is 179 Å². The Balaban J connectivity index is 1.47. The molecule has 0 bridgehead atoms. The molecule has 7 nitrogen and oxygen atoms in total. The van der Waals surface area contributed by atoms with Crippen LogP contribution in [0, 0.1) is 6.92 Å². The fourth-order valence-corrected chi connectivity index (χ4v) is 5.56. The summed E-state index contributed by atoms with van der Waals surface area (Å²) in [5.74, 6) is -0.174. The van der Waals surface area contributed by atoms with Crippen molar-refractivity contribution in [1.29, 1.82) is 0 Å². The summed E-state index contributed by atoms with van der Waals surface area (Å²) in [6.45, 7) is 2.69. The number of nitrogens with one attached hydrogen (secondary N) is 1. The van der Waals surface area contributed by atoms with E-state index in [1.54, 1.807) is 29.8 Å². The van der Waals surface area contributed by atoms with Gasteiger partial charge in [-0.05, 0) is 49.6 Å². The van der Waals surface area contributed by atoms with E-state index in [4.69, 9.17) is 0 Å². The second-order valence-electron chi connectivity index (χ2n) is 7.28. The number of aryl methyl sites for hydroxylation is 1. The van der Waals surface area contributed by atoms with Crippen LogP contribution in [-0.4, -0.2) is 41.8 Å². The number of sulfonamides is 1. The van der Waals surface area contributed by atoms with Crippen LogP contribution < -0.4 is 4.72 Å². The van der Waals surface area contributed by atoms with Crippen LogP contribution in [0.2, 0.25) is 0 Å². The van der Waals surface area contributed by atoms with E-state index < -0.39 is 10.0 Å². The first-order valence-electron chi connectivity index (χ1n) is 9.68. The van der Waals surface area contributed by atoms with Gasteiger partial charge in [-0.1, -0.05) is 18.2 Å². The van der Waals surface area contributed by atoms with E-state index in [0.29, 0.717) is 13.0 Å². The van der Waals surface area contributed by atoms with E-state index in [9.17, 15) is 13.2 Å². The zero-order valence-corrected chi connectivity index (χ0v) is 18.1. The molecule has 0 radical (unpaired) electrons. The highest BCUT2D eigenvalue weighted by Crippen LogP contribution is 2.26. The van der Waals surface area contributed by atoms with Crippen LogP contribution in [0.4, 0.5) is 5.13 Å². The second-order valence-corrected chi connectivity index (χ2v) is 9.82. The lowest BCUT2D eigenvalue weighted by atomic mass is 10.1. The monoisotopic (exact) mass is 442 g/mol. The highest BCUT2D eigenvalue weighted by molar-refractivity contribution is 7.93. The number of rotatable bonds is 6. The summed E-state index contributed by atoms with van der Waals surface area (Å²) in [4.78, 5) is 23.7. The molecule has 4 rings (SSSR count). The van der Waals surface area contributed by atoms with E-state index in [2.05, 4.69) is 14.7 Å². The number of likely N-dealkylation sites (tertiary alicyclic amines) is 1. The Morgan fingerprint density at radius 3 is 2.83 bits per heavy atom. The van der Waals surface area contributed by atoms with Crippen LogP contribution in [0.15, 0.2) is 58.9 Å². The van der Waals surface area contributed by atoms with Crippen LogP contribution in [0.25, 0.3) is 0 Å². The number of anilines is 1. The number of pyridine rings is 1. The summed E-state index contributed by atoms with van der Waals surface area (Å²) < 4.78 is 27.4. The van der Waals surface area contributed by atoms with Crippen LogP contribution in [0.3, 0.4) is 0 Å². The highest BCUT2D eigenvalue weighted by atomic mass is 32.2. The molecule has 3 aromatic rings. The molecule has 0 aliphatic carbocycles. The third kappa shape index (κ3) is 4.52. The van der Waals surface area contributed by atoms with Crippen molar-refractivity contribution >= 4 is 32.4 Å².